The number of carbonyl (C=O) groups excluding carboxylic acids is 1. The molecule has 11 atom stereocenters. The average Bonchev–Trinajstić information content (AvgIpc) is 0.970. The number of carbonyl (C=O) groups is 1. The maximum atomic E-state index is 14.8. The molecule has 2 aliphatic rings. The van der Waals surface area contributed by atoms with Crippen LogP contribution < -0.4 is 4.74 Å². The molecule has 86 heavy (non-hydrogen) atoms. The maximum Gasteiger partial charge on any atom is 0.306 e. The average molecular weight is 1180 g/mol. The van der Waals surface area contributed by atoms with E-state index in [0.29, 0.717) is 12.2 Å². The largest absolute Gasteiger partial charge is 0.497 e. The van der Waals surface area contributed by atoms with Crippen molar-refractivity contribution in [1.82, 2.24) is 0 Å². The number of hydrogen-bond donors (Lipinski definition) is 1. The van der Waals surface area contributed by atoms with Gasteiger partial charge in [0.05, 0.1) is 59.5 Å². The molecule has 0 radical (unpaired) electrons. The quantitative estimate of drug-likeness (QED) is 0.0128. The molecule has 15 nitrogen and oxygen atoms in total. The summed E-state index contributed by atoms with van der Waals surface area (Å²) >= 11 is 0. The van der Waals surface area contributed by atoms with Gasteiger partial charge in [-0.25, -0.2) is 0 Å². The topological polar surface area (TPSA) is 178 Å². The van der Waals surface area contributed by atoms with Crippen molar-refractivity contribution in [2.24, 2.45) is 5.11 Å². The Labute approximate surface area is 509 Å². The van der Waals surface area contributed by atoms with Gasteiger partial charge in [-0.15, -0.1) is 0 Å². The third kappa shape index (κ3) is 21.2. The Morgan fingerprint density at radius 3 is 1.28 bits per heavy atom. The number of esters is 1. The Morgan fingerprint density at radius 2 is 0.849 bits per heavy atom. The summed E-state index contributed by atoms with van der Waals surface area (Å²) in [4.78, 5) is 18.1. The van der Waals surface area contributed by atoms with Crippen molar-refractivity contribution >= 4 is 5.97 Å². The van der Waals surface area contributed by atoms with E-state index in [-0.39, 0.29) is 52.7 Å². The summed E-state index contributed by atoms with van der Waals surface area (Å²) in [6.45, 7) is 2.83. The van der Waals surface area contributed by atoms with Crippen molar-refractivity contribution in [3.05, 3.63) is 220 Å². The molecule has 15 heteroatoms. The number of rotatable bonds is 38. The summed E-state index contributed by atoms with van der Waals surface area (Å²) in [6, 6.07) is 54.8. The molecule has 0 spiro atoms. The van der Waals surface area contributed by atoms with Crippen molar-refractivity contribution in [3.63, 3.8) is 0 Å². The van der Waals surface area contributed by atoms with Gasteiger partial charge in [0.25, 0.3) is 0 Å². The van der Waals surface area contributed by atoms with Gasteiger partial charge in [0.2, 0.25) is 0 Å². The number of aliphatic hydroxyl groups excluding tert-OH is 1. The van der Waals surface area contributed by atoms with E-state index in [2.05, 4.69) is 16.9 Å². The minimum Gasteiger partial charge on any atom is -0.497 e. The second-order valence-electron chi connectivity index (χ2n) is 22.4. The number of unbranched alkanes of at least 4 members (excludes halogenated alkanes) is 12. The van der Waals surface area contributed by atoms with Crippen LogP contribution in [0.2, 0.25) is 0 Å². The summed E-state index contributed by atoms with van der Waals surface area (Å²) in [6.07, 6.45) is 3.68. The van der Waals surface area contributed by atoms with Crippen molar-refractivity contribution in [3.8, 4) is 5.75 Å². The molecular weight excluding hydrogens is 1090 g/mol. The van der Waals surface area contributed by atoms with Crippen LogP contribution in [-0.2, 0) is 87.1 Å². The van der Waals surface area contributed by atoms with E-state index in [0.717, 1.165) is 52.6 Å². The molecule has 1 saturated heterocycles. The van der Waals surface area contributed by atoms with E-state index in [9.17, 15) is 15.4 Å². The van der Waals surface area contributed by atoms with E-state index < -0.39 is 73.2 Å². The Balaban J connectivity index is 1.17. The van der Waals surface area contributed by atoms with Gasteiger partial charge >= 0.3 is 5.97 Å². The second-order valence-corrected chi connectivity index (χ2v) is 22.4. The highest BCUT2D eigenvalue weighted by Gasteiger charge is 2.58. The molecule has 6 aromatic carbocycles. The summed E-state index contributed by atoms with van der Waals surface area (Å²) in [7, 11) is 1.61. The van der Waals surface area contributed by atoms with Gasteiger partial charge in [0.15, 0.2) is 12.4 Å². The fourth-order valence-electron chi connectivity index (χ4n) is 11.2. The number of benzene rings is 6. The van der Waals surface area contributed by atoms with Crippen molar-refractivity contribution in [1.29, 1.82) is 0 Å². The molecule has 0 unspecified atom stereocenters. The molecule has 1 saturated carbocycles. The fraction of sp³-hybridized carbons (Fsp3) is 0.479. The Hall–Kier alpha value is -6.46. The third-order valence-corrected chi connectivity index (χ3v) is 15.9. The van der Waals surface area contributed by atoms with Gasteiger partial charge in [-0.2, -0.15) is 0 Å². The minimum atomic E-state index is -1.43. The number of hydrogen-bond acceptors (Lipinski definition) is 13. The predicted molar refractivity (Wildman–Crippen MR) is 330 cm³/mol. The van der Waals surface area contributed by atoms with Crippen LogP contribution in [0.4, 0.5) is 0 Å². The molecule has 6 aromatic rings. The van der Waals surface area contributed by atoms with E-state index >= 15 is 0 Å². The Kier molecular flexibility index (Phi) is 28.4. The van der Waals surface area contributed by atoms with Crippen LogP contribution in [0.5, 0.6) is 5.75 Å². The maximum absolute atomic E-state index is 14.8. The van der Waals surface area contributed by atoms with Gasteiger partial charge in [-0.3, -0.25) is 4.79 Å². The zero-order valence-electron chi connectivity index (χ0n) is 50.2. The molecule has 1 N–H and O–H groups in total. The molecule has 0 aromatic heterocycles. The van der Waals surface area contributed by atoms with Crippen molar-refractivity contribution in [2.75, 3.05) is 13.7 Å². The smallest absolute Gasteiger partial charge is 0.306 e. The number of aliphatic hydroxyl groups is 1. The molecule has 1 heterocycles. The number of azide groups is 1. The normalized spacial score (nSPS) is 22.8. The lowest BCUT2D eigenvalue weighted by Crippen LogP contribution is -2.69. The van der Waals surface area contributed by atoms with Crippen LogP contribution in [0.1, 0.15) is 130 Å². The van der Waals surface area contributed by atoms with Gasteiger partial charge in [0, 0.05) is 11.3 Å². The highest BCUT2D eigenvalue weighted by Crippen LogP contribution is 2.39. The van der Waals surface area contributed by atoms with Crippen LogP contribution in [0.15, 0.2) is 181 Å². The van der Waals surface area contributed by atoms with Gasteiger partial charge in [-0.1, -0.05) is 253 Å². The van der Waals surface area contributed by atoms with Gasteiger partial charge < -0.3 is 52.5 Å². The lowest BCUT2D eigenvalue weighted by molar-refractivity contribution is -0.337. The highest BCUT2D eigenvalue weighted by atomic mass is 16.7. The Bertz CT molecular complexity index is 2820. The monoisotopic (exact) mass is 1180 g/mol. The Morgan fingerprint density at radius 1 is 0.477 bits per heavy atom. The number of nitrogens with zero attached hydrogens (tertiary/aromatic N) is 3. The van der Waals surface area contributed by atoms with E-state index in [1.54, 1.807) is 7.11 Å². The molecule has 460 valence electrons. The first-order valence-electron chi connectivity index (χ1n) is 31.1. The van der Waals surface area contributed by atoms with Crippen LogP contribution >= 0.6 is 0 Å². The first kappa shape index (κ1) is 65.5. The summed E-state index contributed by atoms with van der Waals surface area (Å²) in [5.41, 5.74) is 15.6. The van der Waals surface area contributed by atoms with Crippen molar-refractivity contribution < 1.29 is 57.3 Å². The third-order valence-electron chi connectivity index (χ3n) is 15.9. The lowest BCUT2D eigenvalue weighted by atomic mass is 9.83. The molecule has 1 aliphatic carbocycles. The lowest BCUT2D eigenvalue weighted by Gasteiger charge is -2.51. The van der Waals surface area contributed by atoms with Crippen LogP contribution in [0, 0.1) is 0 Å². The van der Waals surface area contributed by atoms with E-state index in [4.69, 9.17) is 47.4 Å². The molecule has 8 rings (SSSR count). The van der Waals surface area contributed by atoms with Crippen LogP contribution in [0.3, 0.4) is 0 Å². The molecule has 2 fully saturated rings. The summed E-state index contributed by atoms with van der Waals surface area (Å²) < 4.78 is 68.1. The zero-order chi connectivity index (χ0) is 59.8. The fourth-order valence-corrected chi connectivity index (χ4v) is 11.2. The zero-order valence-corrected chi connectivity index (χ0v) is 50.2. The summed E-state index contributed by atoms with van der Waals surface area (Å²) in [5, 5.41) is 16.6. The minimum absolute atomic E-state index is 0.0244. The SMILES string of the molecule is CCCCCCCCCCCCCCCC(=O)O[C@@H]1[C@H](OCc2ccccc2)[C@@H](OCc2ccccc2)[C@H](OCc2ccccc2)[C@@H](O[C@@H]2O[C@H](COCc3ccccc3)[C@@H](O)[C@H](OCc3ccccc3)[C@H]2N=[N+]=[N-])[C@@H]1OCc1ccc(OC)cc1. The molecule has 0 bridgehead atoms. The second kappa shape index (κ2) is 37.3. The number of ether oxygens (including phenoxy) is 10. The summed E-state index contributed by atoms with van der Waals surface area (Å²) in [5.74, 6) is 0.240. The predicted octanol–water partition coefficient (Wildman–Crippen LogP) is 14.7. The first-order chi connectivity index (χ1) is 42.4. The standard InChI is InChI=1S/C71H89N3O12/c1-3-4-5-6-7-8-9-10-11-12-13-14-30-41-61(75)85-69-66(81-49-56-37-26-18-27-38-56)65(80-48-55-35-24-17-25-36-55)67(82-50-57-39-28-19-29-40-57)70(68(69)83-51-58-42-44-59(77-2)45-43-58)86-71-62(73-74-72)64(79-47-54-33-22-16-23-34-54)63(76)60(84-71)52-78-46-53-31-20-15-21-32-53/h15-29,31-40,42-45,60,62-71,76H,3-14,30,41,46-52H2,1-2H3/t60-,62-,63-,64-,65-,66-,67+,68-,69-,70-,71+/m1/s1. The molecule has 1 aliphatic heterocycles. The van der Waals surface area contributed by atoms with E-state index in [1.807, 2.05) is 176 Å². The van der Waals surface area contributed by atoms with Crippen LogP contribution in [0.25, 0.3) is 10.4 Å². The highest BCUT2D eigenvalue weighted by molar-refractivity contribution is 5.69. The van der Waals surface area contributed by atoms with Gasteiger partial charge in [0.1, 0.15) is 54.5 Å². The van der Waals surface area contributed by atoms with E-state index in [1.165, 1.54) is 57.8 Å². The van der Waals surface area contributed by atoms with Gasteiger partial charge in [-0.05, 0) is 57.5 Å². The first-order valence-corrected chi connectivity index (χ1v) is 31.1. The van der Waals surface area contributed by atoms with Crippen molar-refractivity contribution in [2.45, 2.75) is 204 Å². The van der Waals surface area contributed by atoms with Crippen LogP contribution in [-0.4, -0.2) is 92.1 Å². The molecule has 0 amide bonds. The molecular formula is C71H89N3O12. The number of methoxy groups -OCH3 is 1.